The first-order valence-electron chi connectivity index (χ1n) is 5.70. The van der Waals surface area contributed by atoms with Crippen LogP contribution < -0.4 is 9.46 Å². The number of nitrogens with one attached hydrogen (secondary N) is 1. The molecule has 0 aliphatic carbocycles. The van der Waals surface area contributed by atoms with Crippen LogP contribution in [-0.4, -0.2) is 21.8 Å². The first-order valence-corrected chi connectivity index (χ1v) is 7.59. The molecule has 0 saturated heterocycles. The zero-order valence-corrected chi connectivity index (χ0v) is 11.6. The maximum absolute atomic E-state index is 11.1. The molecule has 2 rings (SSSR count). The summed E-state index contributed by atoms with van der Waals surface area (Å²) in [6.45, 7) is 0. The van der Waals surface area contributed by atoms with Gasteiger partial charge >= 0.3 is 0 Å². The fraction of sp³-hybridized carbons (Fsp3) is 0.143. The minimum atomic E-state index is -3.23. The van der Waals surface area contributed by atoms with Gasteiger partial charge in [0.15, 0.2) is 0 Å². The standard InChI is InChI=1S/C14H15NO3S/c1-18-14-9-5-12(6-10-14)11-3-7-13(8-4-11)15-19(2,16)17/h3-10,15H,1-2H3. The van der Waals surface area contributed by atoms with Crippen LogP contribution in [0.3, 0.4) is 0 Å². The van der Waals surface area contributed by atoms with E-state index in [0.29, 0.717) is 5.69 Å². The van der Waals surface area contributed by atoms with Gasteiger partial charge in [-0.2, -0.15) is 0 Å². The van der Waals surface area contributed by atoms with Crippen LogP contribution in [0, 0.1) is 0 Å². The van der Waals surface area contributed by atoms with Gasteiger partial charge in [0.25, 0.3) is 0 Å². The molecule has 0 radical (unpaired) electrons. The molecule has 1 N–H and O–H groups in total. The Labute approximate surface area is 113 Å². The van der Waals surface area contributed by atoms with E-state index in [1.54, 1.807) is 19.2 Å². The third kappa shape index (κ3) is 3.72. The van der Waals surface area contributed by atoms with Crippen LogP contribution in [0.5, 0.6) is 5.75 Å². The van der Waals surface area contributed by atoms with Crippen molar-refractivity contribution in [2.75, 3.05) is 18.1 Å². The van der Waals surface area contributed by atoms with Crippen LogP contribution in [0.1, 0.15) is 0 Å². The first-order chi connectivity index (χ1) is 8.98. The van der Waals surface area contributed by atoms with E-state index in [-0.39, 0.29) is 0 Å². The Bertz CT molecular complexity index is 646. The maximum Gasteiger partial charge on any atom is 0.229 e. The van der Waals surface area contributed by atoms with Gasteiger partial charge in [-0.3, -0.25) is 4.72 Å². The van der Waals surface area contributed by atoms with Crippen LogP contribution in [0.2, 0.25) is 0 Å². The third-order valence-electron chi connectivity index (χ3n) is 2.61. The Morgan fingerprint density at radius 2 is 1.37 bits per heavy atom. The molecule has 2 aromatic rings. The predicted molar refractivity (Wildman–Crippen MR) is 76.9 cm³/mol. The van der Waals surface area contributed by atoms with E-state index in [1.165, 1.54) is 0 Å². The van der Waals surface area contributed by atoms with Crippen LogP contribution >= 0.6 is 0 Å². The summed E-state index contributed by atoms with van der Waals surface area (Å²) in [4.78, 5) is 0. The van der Waals surface area contributed by atoms with Crippen molar-refractivity contribution in [2.45, 2.75) is 0 Å². The number of sulfonamides is 1. The van der Waals surface area contributed by atoms with E-state index in [4.69, 9.17) is 4.74 Å². The molecule has 0 saturated carbocycles. The van der Waals surface area contributed by atoms with Crippen molar-refractivity contribution in [1.82, 2.24) is 0 Å². The molecule has 0 amide bonds. The molecule has 0 aliphatic heterocycles. The molecule has 19 heavy (non-hydrogen) atoms. The van der Waals surface area contributed by atoms with Gasteiger partial charge in [-0.25, -0.2) is 8.42 Å². The van der Waals surface area contributed by atoms with Gasteiger partial charge < -0.3 is 4.74 Å². The van der Waals surface area contributed by atoms with Crippen molar-refractivity contribution in [2.24, 2.45) is 0 Å². The second-order valence-corrected chi connectivity index (χ2v) is 5.93. The number of hydrogen-bond acceptors (Lipinski definition) is 3. The number of rotatable bonds is 4. The minimum Gasteiger partial charge on any atom is -0.497 e. The Kier molecular flexibility index (Phi) is 3.76. The van der Waals surface area contributed by atoms with Gasteiger partial charge in [-0.05, 0) is 35.4 Å². The van der Waals surface area contributed by atoms with E-state index in [0.717, 1.165) is 23.1 Å². The van der Waals surface area contributed by atoms with Gasteiger partial charge in [-0.1, -0.05) is 24.3 Å². The molecule has 4 nitrogen and oxygen atoms in total. The van der Waals surface area contributed by atoms with E-state index in [9.17, 15) is 8.42 Å². The smallest absolute Gasteiger partial charge is 0.229 e. The minimum absolute atomic E-state index is 0.555. The molecule has 5 heteroatoms. The first kappa shape index (κ1) is 13.4. The number of ether oxygens (including phenoxy) is 1. The highest BCUT2D eigenvalue weighted by Crippen LogP contribution is 2.23. The molecule has 0 aromatic heterocycles. The Balaban J connectivity index is 2.22. The van der Waals surface area contributed by atoms with E-state index >= 15 is 0 Å². The topological polar surface area (TPSA) is 55.4 Å². The Morgan fingerprint density at radius 3 is 1.79 bits per heavy atom. The molecule has 0 spiro atoms. The fourth-order valence-electron chi connectivity index (χ4n) is 1.73. The second-order valence-electron chi connectivity index (χ2n) is 4.18. The van der Waals surface area contributed by atoms with Gasteiger partial charge in [0.1, 0.15) is 5.75 Å². The van der Waals surface area contributed by atoms with Crippen molar-refractivity contribution < 1.29 is 13.2 Å². The van der Waals surface area contributed by atoms with Gasteiger partial charge in [0, 0.05) is 5.69 Å². The molecule has 100 valence electrons. The monoisotopic (exact) mass is 277 g/mol. The van der Waals surface area contributed by atoms with Gasteiger partial charge in [-0.15, -0.1) is 0 Å². The molecular formula is C14H15NO3S. The van der Waals surface area contributed by atoms with Crippen molar-refractivity contribution in [1.29, 1.82) is 0 Å². The lowest BCUT2D eigenvalue weighted by molar-refractivity contribution is 0.415. The number of hydrogen-bond donors (Lipinski definition) is 1. The molecule has 0 heterocycles. The van der Waals surface area contributed by atoms with Crippen molar-refractivity contribution >= 4 is 15.7 Å². The van der Waals surface area contributed by atoms with Crippen LogP contribution in [-0.2, 0) is 10.0 Å². The second kappa shape index (κ2) is 5.32. The van der Waals surface area contributed by atoms with E-state index in [1.807, 2.05) is 36.4 Å². The molecule has 0 fully saturated rings. The normalized spacial score (nSPS) is 11.1. The van der Waals surface area contributed by atoms with E-state index in [2.05, 4.69) is 4.72 Å². The summed E-state index contributed by atoms with van der Waals surface area (Å²) in [6.07, 6.45) is 1.13. The number of benzene rings is 2. The lowest BCUT2D eigenvalue weighted by Crippen LogP contribution is -2.09. The third-order valence-corrected chi connectivity index (χ3v) is 3.22. The summed E-state index contributed by atoms with van der Waals surface area (Å²) in [5.74, 6) is 0.805. The highest BCUT2D eigenvalue weighted by Gasteiger charge is 2.02. The molecule has 0 bridgehead atoms. The number of methoxy groups -OCH3 is 1. The zero-order valence-electron chi connectivity index (χ0n) is 10.8. The molecular weight excluding hydrogens is 262 g/mol. The summed E-state index contributed by atoms with van der Waals surface area (Å²) in [5.41, 5.74) is 2.62. The summed E-state index contributed by atoms with van der Waals surface area (Å²) in [6, 6.07) is 14.9. The van der Waals surface area contributed by atoms with Crippen molar-refractivity contribution in [3.63, 3.8) is 0 Å². The summed E-state index contributed by atoms with van der Waals surface area (Å²) < 4.78 is 29.7. The Hall–Kier alpha value is -2.01. The maximum atomic E-state index is 11.1. The van der Waals surface area contributed by atoms with Crippen LogP contribution in [0.4, 0.5) is 5.69 Å². The van der Waals surface area contributed by atoms with Gasteiger partial charge in [0.05, 0.1) is 13.4 Å². The lowest BCUT2D eigenvalue weighted by atomic mass is 10.1. The largest absolute Gasteiger partial charge is 0.497 e. The summed E-state index contributed by atoms with van der Waals surface area (Å²) in [7, 11) is -1.60. The quantitative estimate of drug-likeness (QED) is 0.935. The van der Waals surface area contributed by atoms with Crippen molar-refractivity contribution in [3.05, 3.63) is 48.5 Å². The average molecular weight is 277 g/mol. The molecule has 0 unspecified atom stereocenters. The zero-order chi connectivity index (χ0) is 13.9. The van der Waals surface area contributed by atoms with Crippen molar-refractivity contribution in [3.8, 4) is 16.9 Å². The fourth-order valence-corrected chi connectivity index (χ4v) is 2.29. The Morgan fingerprint density at radius 1 is 0.895 bits per heavy atom. The van der Waals surface area contributed by atoms with E-state index < -0.39 is 10.0 Å². The predicted octanol–water partition coefficient (Wildman–Crippen LogP) is 2.73. The highest BCUT2D eigenvalue weighted by molar-refractivity contribution is 7.92. The molecule has 0 aliphatic rings. The molecule has 2 aromatic carbocycles. The average Bonchev–Trinajstić information content (AvgIpc) is 2.38. The molecule has 0 atom stereocenters. The SMILES string of the molecule is COc1ccc(-c2ccc(NS(C)(=O)=O)cc2)cc1. The highest BCUT2D eigenvalue weighted by atomic mass is 32.2. The van der Waals surface area contributed by atoms with Gasteiger partial charge in [0.2, 0.25) is 10.0 Å². The van der Waals surface area contributed by atoms with Crippen LogP contribution in [0.15, 0.2) is 48.5 Å². The summed E-state index contributed by atoms with van der Waals surface area (Å²) in [5, 5.41) is 0. The van der Waals surface area contributed by atoms with Crippen LogP contribution in [0.25, 0.3) is 11.1 Å². The summed E-state index contributed by atoms with van der Waals surface area (Å²) >= 11 is 0. The number of anilines is 1. The lowest BCUT2D eigenvalue weighted by Gasteiger charge is -2.06.